The van der Waals surface area contributed by atoms with Crippen LogP contribution in [0.1, 0.15) is 0 Å². The Balaban J connectivity index is 1.73. The lowest BCUT2D eigenvalue weighted by molar-refractivity contribution is 0.0791. The second-order valence-corrected chi connectivity index (χ2v) is 3.83. The van der Waals surface area contributed by atoms with Gasteiger partial charge in [0, 0.05) is 45.3 Å². The van der Waals surface area contributed by atoms with Crippen LogP contribution in [0.2, 0.25) is 0 Å². The summed E-state index contributed by atoms with van der Waals surface area (Å²) in [5, 5.41) is 3.31. The van der Waals surface area contributed by atoms with Crippen LogP contribution >= 0.6 is 0 Å². The second-order valence-electron chi connectivity index (χ2n) is 3.83. The maximum atomic E-state index is 5.28. The first-order valence-corrected chi connectivity index (χ1v) is 5.01. The summed E-state index contributed by atoms with van der Waals surface area (Å²) in [5.74, 6) is 2.70. The zero-order valence-corrected chi connectivity index (χ0v) is 8.00. The average Bonchev–Trinajstić information content (AvgIpc) is 2.06. The highest BCUT2D eigenvalue weighted by Crippen LogP contribution is 2.08. The Bertz CT molecular complexity index is 197. The van der Waals surface area contributed by atoms with Crippen molar-refractivity contribution in [3.8, 4) is 12.3 Å². The Morgan fingerprint density at radius 1 is 1.23 bits per heavy atom. The van der Waals surface area contributed by atoms with Crippen molar-refractivity contribution in [1.82, 2.24) is 15.1 Å². The van der Waals surface area contributed by atoms with Gasteiger partial charge in [-0.3, -0.25) is 9.80 Å². The molecule has 2 heterocycles. The van der Waals surface area contributed by atoms with Crippen LogP contribution in [0.25, 0.3) is 0 Å². The molecule has 2 aliphatic rings. The zero-order chi connectivity index (χ0) is 9.10. The van der Waals surface area contributed by atoms with Crippen LogP contribution in [-0.2, 0) is 0 Å². The highest BCUT2D eigenvalue weighted by molar-refractivity contribution is 4.92. The fourth-order valence-corrected chi connectivity index (χ4v) is 1.95. The monoisotopic (exact) mass is 179 g/mol. The molecule has 0 amide bonds. The molecular formula is C10H17N3. The minimum absolute atomic E-state index is 0.799. The van der Waals surface area contributed by atoms with Gasteiger partial charge in [-0.05, 0) is 0 Å². The molecule has 0 radical (unpaired) electrons. The first-order chi connectivity index (χ1) is 6.40. The molecule has 2 aliphatic heterocycles. The van der Waals surface area contributed by atoms with E-state index in [1.807, 2.05) is 0 Å². The van der Waals surface area contributed by atoms with Crippen molar-refractivity contribution in [3.63, 3.8) is 0 Å². The Labute approximate surface area is 80.1 Å². The Morgan fingerprint density at radius 2 is 1.92 bits per heavy atom. The SMILES string of the molecule is C#CCN1CCN(C2CNC2)CC1. The van der Waals surface area contributed by atoms with E-state index in [4.69, 9.17) is 6.42 Å². The van der Waals surface area contributed by atoms with Crippen LogP contribution in [-0.4, -0.2) is 61.7 Å². The second kappa shape index (κ2) is 4.10. The summed E-state index contributed by atoms with van der Waals surface area (Å²) in [6, 6.07) is 0.799. The number of hydrogen-bond acceptors (Lipinski definition) is 3. The molecule has 1 N–H and O–H groups in total. The lowest BCUT2D eigenvalue weighted by Gasteiger charge is -2.42. The number of nitrogens with one attached hydrogen (secondary N) is 1. The molecule has 2 saturated heterocycles. The van der Waals surface area contributed by atoms with Crippen molar-refractivity contribution >= 4 is 0 Å². The van der Waals surface area contributed by atoms with Gasteiger partial charge in [-0.15, -0.1) is 6.42 Å². The number of nitrogens with zero attached hydrogens (tertiary/aromatic N) is 2. The summed E-state index contributed by atoms with van der Waals surface area (Å²) >= 11 is 0. The van der Waals surface area contributed by atoms with Gasteiger partial charge in [0.2, 0.25) is 0 Å². The third-order valence-corrected chi connectivity index (χ3v) is 3.00. The summed E-state index contributed by atoms with van der Waals surface area (Å²) in [4.78, 5) is 4.92. The van der Waals surface area contributed by atoms with Gasteiger partial charge >= 0.3 is 0 Å². The lowest BCUT2D eigenvalue weighted by Crippen LogP contribution is -2.61. The highest BCUT2D eigenvalue weighted by Gasteiger charge is 2.27. The van der Waals surface area contributed by atoms with Crippen molar-refractivity contribution in [2.24, 2.45) is 0 Å². The van der Waals surface area contributed by atoms with Crippen LogP contribution in [0.3, 0.4) is 0 Å². The van der Waals surface area contributed by atoms with E-state index in [0.29, 0.717) is 0 Å². The minimum Gasteiger partial charge on any atom is -0.314 e. The molecule has 3 nitrogen and oxygen atoms in total. The molecular weight excluding hydrogens is 162 g/mol. The van der Waals surface area contributed by atoms with Crippen molar-refractivity contribution in [2.75, 3.05) is 45.8 Å². The van der Waals surface area contributed by atoms with Gasteiger partial charge in [0.25, 0.3) is 0 Å². The Hall–Kier alpha value is -0.560. The molecule has 0 aromatic heterocycles. The number of terminal acetylenes is 1. The maximum absolute atomic E-state index is 5.28. The van der Waals surface area contributed by atoms with Crippen molar-refractivity contribution < 1.29 is 0 Å². The molecule has 0 unspecified atom stereocenters. The summed E-state index contributed by atoms with van der Waals surface area (Å²) in [7, 11) is 0. The van der Waals surface area contributed by atoms with Gasteiger partial charge < -0.3 is 5.32 Å². The molecule has 0 spiro atoms. The fourth-order valence-electron chi connectivity index (χ4n) is 1.95. The van der Waals surface area contributed by atoms with Crippen molar-refractivity contribution in [1.29, 1.82) is 0 Å². The van der Waals surface area contributed by atoms with Gasteiger partial charge in [-0.1, -0.05) is 5.92 Å². The third-order valence-electron chi connectivity index (χ3n) is 3.00. The van der Waals surface area contributed by atoms with Gasteiger partial charge in [-0.25, -0.2) is 0 Å². The van der Waals surface area contributed by atoms with Crippen molar-refractivity contribution in [2.45, 2.75) is 6.04 Å². The molecule has 0 saturated carbocycles. The molecule has 72 valence electrons. The van der Waals surface area contributed by atoms with Crippen molar-refractivity contribution in [3.05, 3.63) is 0 Å². The summed E-state index contributed by atoms with van der Waals surface area (Å²) in [6.45, 7) is 7.82. The van der Waals surface area contributed by atoms with E-state index >= 15 is 0 Å². The Morgan fingerprint density at radius 3 is 2.38 bits per heavy atom. The van der Waals surface area contributed by atoms with E-state index in [1.165, 1.54) is 26.2 Å². The largest absolute Gasteiger partial charge is 0.314 e. The molecule has 2 fully saturated rings. The summed E-state index contributed by atoms with van der Waals surface area (Å²) in [5.41, 5.74) is 0. The van der Waals surface area contributed by atoms with Gasteiger partial charge in [0.15, 0.2) is 0 Å². The van der Waals surface area contributed by atoms with Gasteiger partial charge in [0.05, 0.1) is 6.54 Å². The number of hydrogen-bond donors (Lipinski definition) is 1. The molecule has 0 aromatic rings. The van der Waals surface area contributed by atoms with Crippen LogP contribution in [0.15, 0.2) is 0 Å². The fraction of sp³-hybridized carbons (Fsp3) is 0.800. The van der Waals surface area contributed by atoms with Gasteiger partial charge in [-0.2, -0.15) is 0 Å². The minimum atomic E-state index is 0.799. The lowest BCUT2D eigenvalue weighted by atomic mass is 10.1. The summed E-state index contributed by atoms with van der Waals surface area (Å²) < 4.78 is 0. The quantitative estimate of drug-likeness (QED) is 0.560. The molecule has 0 aromatic carbocycles. The third kappa shape index (κ3) is 2.02. The number of piperazine rings is 1. The van der Waals surface area contributed by atoms with E-state index in [-0.39, 0.29) is 0 Å². The van der Waals surface area contributed by atoms with E-state index in [2.05, 4.69) is 21.0 Å². The van der Waals surface area contributed by atoms with Gasteiger partial charge in [0.1, 0.15) is 0 Å². The molecule has 0 aliphatic carbocycles. The molecule has 0 atom stereocenters. The standard InChI is InChI=1S/C10H17N3/c1-2-3-12-4-6-13(7-5-12)10-8-11-9-10/h1,10-11H,3-9H2. The number of rotatable bonds is 2. The summed E-state index contributed by atoms with van der Waals surface area (Å²) in [6.07, 6.45) is 5.28. The molecule has 3 heteroatoms. The Kier molecular flexibility index (Phi) is 2.84. The smallest absolute Gasteiger partial charge is 0.0599 e. The van der Waals surface area contributed by atoms with Crippen LogP contribution < -0.4 is 5.32 Å². The van der Waals surface area contributed by atoms with E-state index in [1.54, 1.807) is 0 Å². The normalized spacial score (nSPS) is 26.7. The predicted molar refractivity (Wildman–Crippen MR) is 53.5 cm³/mol. The maximum Gasteiger partial charge on any atom is 0.0599 e. The first kappa shape index (κ1) is 9.01. The van der Waals surface area contributed by atoms with E-state index in [0.717, 1.165) is 25.7 Å². The first-order valence-electron chi connectivity index (χ1n) is 5.01. The predicted octanol–water partition coefficient (Wildman–Crippen LogP) is -0.791. The highest BCUT2D eigenvalue weighted by atomic mass is 15.3. The average molecular weight is 179 g/mol. The molecule has 0 bridgehead atoms. The van der Waals surface area contributed by atoms with Crippen LogP contribution in [0.4, 0.5) is 0 Å². The molecule has 2 rings (SSSR count). The van der Waals surface area contributed by atoms with E-state index < -0.39 is 0 Å². The van der Waals surface area contributed by atoms with E-state index in [9.17, 15) is 0 Å². The zero-order valence-electron chi connectivity index (χ0n) is 8.00. The molecule has 13 heavy (non-hydrogen) atoms. The van der Waals surface area contributed by atoms with Crippen LogP contribution in [0, 0.1) is 12.3 Å². The van der Waals surface area contributed by atoms with Crippen LogP contribution in [0.5, 0.6) is 0 Å². The topological polar surface area (TPSA) is 18.5 Å².